The summed E-state index contributed by atoms with van der Waals surface area (Å²) in [5.74, 6) is -2.62. The Bertz CT molecular complexity index is 1580. The lowest BCUT2D eigenvalue weighted by Gasteiger charge is -2.50. The molecule has 3 saturated heterocycles. The average Bonchev–Trinajstić information content (AvgIpc) is 3.42. The van der Waals surface area contributed by atoms with Crippen LogP contribution in [0, 0.1) is 19.3 Å². The monoisotopic (exact) mass is 555 g/mol. The Balaban J connectivity index is 1.41. The first kappa shape index (κ1) is 26.4. The topological polar surface area (TPSA) is 127 Å². The molecule has 0 bridgehead atoms. The van der Waals surface area contributed by atoms with Crippen LogP contribution in [0.2, 0.25) is 0 Å². The maximum atomic E-state index is 13.6. The number of nitrogens with one attached hydrogen (secondary N) is 1. The fourth-order valence-electron chi connectivity index (χ4n) is 6.77. The van der Waals surface area contributed by atoms with Crippen LogP contribution in [0.5, 0.6) is 0 Å². The minimum atomic E-state index is -1.46. The molecule has 41 heavy (non-hydrogen) atoms. The van der Waals surface area contributed by atoms with Crippen LogP contribution in [-0.4, -0.2) is 72.2 Å². The molecule has 11 heteroatoms. The van der Waals surface area contributed by atoms with Crippen molar-refractivity contribution in [3.05, 3.63) is 64.2 Å². The zero-order valence-electron chi connectivity index (χ0n) is 23.2. The Hall–Kier alpha value is -4.80. The van der Waals surface area contributed by atoms with Gasteiger partial charge in [0.1, 0.15) is 5.57 Å². The van der Waals surface area contributed by atoms with Crippen molar-refractivity contribution in [2.45, 2.75) is 39.2 Å². The van der Waals surface area contributed by atoms with E-state index in [1.807, 2.05) is 26.0 Å². The highest BCUT2D eigenvalue weighted by molar-refractivity contribution is 6.39. The van der Waals surface area contributed by atoms with Crippen molar-refractivity contribution >= 4 is 53.1 Å². The summed E-state index contributed by atoms with van der Waals surface area (Å²) in [6.07, 6.45) is 2.91. The minimum absolute atomic E-state index is 0.0768. The fourth-order valence-corrected chi connectivity index (χ4v) is 6.77. The van der Waals surface area contributed by atoms with Crippen LogP contribution in [0.15, 0.2) is 42.0 Å². The third-order valence-corrected chi connectivity index (χ3v) is 8.53. The van der Waals surface area contributed by atoms with Gasteiger partial charge in [-0.15, -0.1) is 0 Å². The summed E-state index contributed by atoms with van der Waals surface area (Å²) in [4.78, 5) is 83.8. The third kappa shape index (κ3) is 3.79. The first-order valence-corrected chi connectivity index (χ1v) is 13.4. The Morgan fingerprint density at radius 1 is 0.902 bits per heavy atom. The van der Waals surface area contributed by atoms with Gasteiger partial charge in [-0.25, -0.2) is 14.5 Å². The highest BCUT2D eigenvalue weighted by atomic mass is 16.2. The predicted octanol–water partition coefficient (Wildman–Crippen LogP) is 2.53. The van der Waals surface area contributed by atoms with Crippen LogP contribution in [-0.2, 0) is 25.6 Å². The van der Waals surface area contributed by atoms with Crippen molar-refractivity contribution < 1.29 is 28.8 Å². The zero-order chi connectivity index (χ0) is 29.4. The second-order valence-electron chi connectivity index (χ2n) is 11.2. The van der Waals surface area contributed by atoms with Gasteiger partial charge in [0, 0.05) is 26.3 Å². The minimum Gasteiger partial charge on any atom is -0.367 e. The Kier molecular flexibility index (Phi) is 5.88. The third-order valence-electron chi connectivity index (χ3n) is 8.53. The van der Waals surface area contributed by atoms with E-state index < -0.39 is 41.1 Å². The van der Waals surface area contributed by atoms with Crippen molar-refractivity contribution in [3.8, 4) is 0 Å². The number of benzene rings is 2. The molecule has 0 saturated carbocycles. The largest absolute Gasteiger partial charge is 0.367 e. The summed E-state index contributed by atoms with van der Waals surface area (Å²) in [5, 5.41) is 2.25. The van der Waals surface area contributed by atoms with E-state index in [1.54, 1.807) is 24.3 Å². The zero-order valence-corrected chi connectivity index (χ0v) is 23.2. The van der Waals surface area contributed by atoms with Gasteiger partial charge in [-0.3, -0.25) is 34.3 Å². The van der Waals surface area contributed by atoms with Crippen molar-refractivity contribution in [2.75, 3.05) is 30.4 Å². The summed E-state index contributed by atoms with van der Waals surface area (Å²) in [5.41, 5.74) is 2.45. The van der Waals surface area contributed by atoms with Crippen LogP contribution >= 0.6 is 0 Å². The van der Waals surface area contributed by atoms with E-state index in [2.05, 4.69) is 10.2 Å². The Labute approximate surface area is 236 Å². The number of barbiturate groups is 2. The highest BCUT2D eigenvalue weighted by Gasteiger charge is 2.63. The van der Waals surface area contributed by atoms with Gasteiger partial charge in [0.15, 0.2) is 5.41 Å². The van der Waals surface area contributed by atoms with Crippen molar-refractivity contribution in [2.24, 2.45) is 5.41 Å². The number of urea groups is 2. The van der Waals surface area contributed by atoms with E-state index in [9.17, 15) is 28.8 Å². The number of hydrogen-bond donors (Lipinski definition) is 1. The normalized spacial score (nSPS) is 23.0. The van der Waals surface area contributed by atoms with Gasteiger partial charge < -0.3 is 4.90 Å². The van der Waals surface area contributed by atoms with Gasteiger partial charge in [0.05, 0.1) is 11.7 Å². The summed E-state index contributed by atoms with van der Waals surface area (Å²) >= 11 is 0. The number of rotatable bonds is 2. The van der Waals surface area contributed by atoms with Crippen LogP contribution in [0.3, 0.4) is 0 Å². The second-order valence-corrected chi connectivity index (χ2v) is 11.2. The van der Waals surface area contributed by atoms with E-state index >= 15 is 0 Å². The number of imide groups is 4. The highest BCUT2D eigenvalue weighted by Crippen LogP contribution is 2.49. The number of anilines is 2. The molecular formula is C30H29N5O6. The number of carbonyl (C=O) groups is 6. The first-order valence-electron chi connectivity index (χ1n) is 13.4. The molecule has 210 valence electrons. The lowest BCUT2D eigenvalue weighted by Crippen LogP contribution is -2.70. The maximum absolute atomic E-state index is 13.6. The predicted molar refractivity (Wildman–Crippen MR) is 149 cm³/mol. The van der Waals surface area contributed by atoms with Crippen LogP contribution in [0.25, 0.3) is 6.08 Å². The molecule has 4 heterocycles. The number of carbonyl (C=O) groups excluding carboxylic acids is 6. The smallest absolute Gasteiger partial charge is 0.335 e. The molecule has 0 aliphatic carbocycles. The quantitative estimate of drug-likeness (QED) is 0.343. The maximum Gasteiger partial charge on any atom is 0.335 e. The van der Waals surface area contributed by atoms with E-state index in [0.717, 1.165) is 37.9 Å². The van der Waals surface area contributed by atoms with E-state index in [-0.39, 0.29) is 18.0 Å². The van der Waals surface area contributed by atoms with Gasteiger partial charge >= 0.3 is 12.1 Å². The Morgan fingerprint density at radius 3 is 2.22 bits per heavy atom. The molecule has 1 unspecified atom stereocenters. The summed E-state index contributed by atoms with van der Waals surface area (Å²) < 4.78 is 0. The summed E-state index contributed by atoms with van der Waals surface area (Å²) in [6.45, 7) is 4.35. The SMILES string of the molecule is Cc1cc(C)cc(N2C(=O)NC(=O)/C(=C\c3ccc4c(c3)CC3(C(=O)N(C)C(=O)N(C)C3=O)C3CCCN43)C2=O)c1. The molecule has 2 aromatic rings. The summed E-state index contributed by atoms with van der Waals surface area (Å²) in [6, 6.07) is 8.81. The van der Waals surface area contributed by atoms with Crippen molar-refractivity contribution in [3.63, 3.8) is 0 Å². The lowest BCUT2D eigenvalue weighted by atomic mass is 9.68. The molecule has 11 nitrogen and oxygen atoms in total. The number of amides is 8. The Morgan fingerprint density at radius 2 is 1.56 bits per heavy atom. The number of nitrogens with zero attached hydrogens (tertiary/aromatic N) is 4. The molecule has 8 amide bonds. The fraction of sp³-hybridized carbons (Fsp3) is 0.333. The van der Waals surface area contributed by atoms with Gasteiger partial charge in [-0.2, -0.15) is 0 Å². The van der Waals surface area contributed by atoms with Crippen molar-refractivity contribution in [1.29, 1.82) is 0 Å². The van der Waals surface area contributed by atoms with Crippen LogP contribution in [0.4, 0.5) is 21.0 Å². The van der Waals surface area contributed by atoms with Crippen molar-refractivity contribution in [1.82, 2.24) is 15.1 Å². The van der Waals surface area contributed by atoms with E-state index in [0.29, 0.717) is 29.8 Å². The van der Waals surface area contributed by atoms with Gasteiger partial charge in [-0.1, -0.05) is 12.1 Å². The lowest BCUT2D eigenvalue weighted by molar-refractivity contribution is -0.159. The average molecular weight is 556 g/mol. The van der Waals surface area contributed by atoms with Gasteiger partial charge in [-0.05, 0) is 85.7 Å². The second kappa shape index (κ2) is 9.12. The molecule has 2 aromatic carbocycles. The van der Waals surface area contributed by atoms with Crippen LogP contribution < -0.4 is 15.1 Å². The van der Waals surface area contributed by atoms with E-state index in [4.69, 9.17) is 0 Å². The molecule has 0 aromatic heterocycles. The number of hydrogen-bond acceptors (Lipinski definition) is 7. The molecule has 4 aliphatic rings. The van der Waals surface area contributed by atoms with Gasteiger partial charge in [0.2, 0.25) is 11.8 Å². The molecule has 1 spiro atoms. The molecule has 1 N–H and O–H groups in total. The molecule has 4 aliphatic heterocycles. The first-order chi connectivity index (χ1) is 19.4. The summed E-state index contributed by atoms with van der Waals surface area (Å²) in [7, 11) is 2.78. The van der Waals surface area contributed by atoms with Crippen LogP contribution in [0.1, 0.15) is 35.1 Å². The number of fused-ring (bicyclic) bond motifs is 4. The molecular weight excluding hydrogens is 526 g/mol. The molecule has 6 rings (SSSR count). The van der Waals surface area contributed by atoms with Gasteiger partial charge in [0.25, 0.3) is 11.8 Å². The van der Waals surface area contributed by atoms with E-state index in [1.165, 1.54) is 20.2 Å². The molecule has 1 atom stereocenters. The standard InChI is InChI=1S/C30H29N5O6/c1-16-10-17(2)12-20(11-16)35-25(37)21(24(36)31-28(35)40)14-18-7-8-22-19(13-18)15-30(23-6-5-9-34(22)23)26(38)32(3)29(41)33(4)27(30)39/h7-8,10-14,23H,5-6,9,15H2,1-4H3,(H,31,36,40)/b21-14+. The molecule has 3 fully saturated rings. The number of aryl methyl sites for hydroxylation is 2. The molecule has 0 radical (unpaired) electrons.